The van der Waals surface area contributed by atoms with Crippen molar-refractivity contribution in [3.63, 3.8) is 0 Å². The Bertz CT molecular complexity index is 1600. The van der Waals surface area contributed by atoms with Gasteiger partial charge in [0.25, 0.3) is 0 Å². The fourth-order valence-electron chi connectivity index (χ4n) is 5.50. The third-order valence-corrected chi connectivity index (χ3v) is 7.13. The molecule has 7 rings (SSSR count). The highest BCUT2D eigenvalue weighted by Crippen LogP contribution is 2.47. The third kappa shape index (κ3) is 3.11. The van der Waals surface area contributed by atoms with Crippen molar-refractivity contribution in [1.29, 1.82) is 0 Å². The highest BCUT2D eigenvalue weighted by Gasteiger charge is 2.38. The van der Waals surface area contributed by atoms with Crippen molar-refractivity contribution in [1.82, 2.24) is 0 Å². The Labute approximate surface area is 214 Å². The van der Waals surface area contributed by atoms with Crippen LogP contribution < -0.4 is 35.9 Å². The molecular formula is C29H22ClNO5. The topological polar surface area (TPSA) is 57.9 Å². The van der Waals surface area contributed by atoms with Gasteiger partial charge in [-0.15, -0.1) is 0 Å². The first-order valence-electron chi connectivity index (χ1n) is 11.6. The summed E-state index contributed by atoms with van der Waals surface area (Å²) in [5, 5.41) is 1.86. The van der Waals surface area contributed by atoms with E-state index in [2.05, 4.69) is 30.2 Å². The van der Waals surface area contributed by atoms with Gasteiger partial charge in [0.2, 0.25) is 25.0 Å². The number of carbonyl (C=O) groups excluding carboxylic acids is 1. The van der Waals surface area contributed by atoms with Gasteiger partial charge in [-0.3, -0.25) is 4.79 Å². The number of rotatable bonds is 3. The van der Waals surface area contributed by atoms with Crippen LogP contribution in [0.1, 0.15) is 27.2 Å². The molecule has 0 spiro atoms. The molecule has 3 aromatic carbocycles. The number of ketones is 1. The molecule has 4 heterocycles. The minimum atomic E-state index is -0.113. The Kier molecular flexibility index (Phi) is 5.16. The number of allylic oxidation sites excluding steroid dienone is 1. The number of fused-ring (bicyclic) bond motifs is 7. The zero-order valence-electron chi connectivity index (χ0n) is 19.6. The average molecular weight is 500 g/mol. The highest BCUT2D eigenvalue weighted by atomic mass is 35.5. The van der Waals surface area contributed by atoms with Crippen LogP contribution in [-0.4, -0.2) is 19.4 Å². The van der Waals surface area contributed by atoms with Crippen molar-refractivity contribution in [2.24, 2.45) is 0 Å². The largest absolute Gasteiger partial charge is 1.00 e. The molecule has 3 aliphatic heterocycles. The van der Waals surface area contributed by atoms with E-state index < -0.39 is 0 Å². The summed E-state index contributed by atoms with van der Waals surface area (Å²) in [4.78, 5) is 13.6. The van der Waals surface area contributed by atoms with Crippen LogP contribution in [0.4, 0.5) is 0 Å². The van der Waals surface area contributed by atoms with Crippen LogP contribution in [0.2, 0.25) is 0 Å². The molecule has 180 valence electrons. The monoisotopic (exact) mass is 499 g/mol. The van der Waals surface area contributed by atoms with Crippen molar-refractivity contribution in [3.05, 3.63) is 83.6 Å². The Balaban J connectivity index is 0.00000240. The number of hydrogen-bond donors (Lipinski definition) is 0. The number of halogens is 1. The van der Waals surface area contributed by atoms with Crippen molar-refractivity contribution in [2.75, 3.05) is 13.6 Å². The van der Waals surface area contributed by atoms with E-state index in [0.29, 0.717) is 29.2 Å². The first kappa shape index (κ1) is 22.4. The number of ether oxygens (including phenoxy) is 4. The molecule has 1 aromatic heterocycles. The smallest absolute Gasteiger partial charge is 0.231 e. The Morgan fingerprint density at radius 1 is 0.917 bits per heavy atom. The lowest BCUT2D eigenvalue weighted by molar-refractivity contribution is -0.688. The maximum Gasteiger partial charge on any atom is 0.231 e. The molecule has 7 heteroatoms. The Morgan fingerprint density at radius 3 is 2.44 bits per heavy atom. The first-order valence-corrected chi connectivity index (χ1v) is 11.6. The van der Waals surface area contributed by atoms with Crippen LogP contribution in [0.25, 0.3) is 27.6 Å². The van der Waals surface area contributed by atoms with Gasteiger partial charge in [0.05, 0.1) is 11.1 Å². The average Bonchev–Trinajstić information content (AvgIpc) is 3.56. The third-order valence-electron chi connectivity index (χ3n) is 7.13. The van der Waals surface area contributed by atoms with E-state index >= 15 is 0 Å². The van der Waals surface area contributed by atoms with Gasteiger partial charge in [-0.1, -0.05) is 36.9 Å². The molecular weight excluding hydrogens is 478 g/mol. The zero-order valence-corrected chi connectivity index (χ0v) is 20.4. The predicted molar refractivity (Wildman–Crippen MR) is 130 cm³/mol. The van der Waals surface area contributed by atoms with Gasteiger partial charge in [0.15, 0.2) is 35.3 Å². The number of hydrogen-bond acceptors (Lipinski definition) is 5. The van der Waals surface area contributed by atoms with Crippen LogP contribution in [0.3, 0.4) is 0 Å². The number of pyridine rings is 1. The summed E-state index contributed by atoms with van der Waals surface area (Å²) in [6.45, 7) is 7.50. The normalized spacial score (nSPS) is 14.1. The SMILES string of the molecule is C=C(C(=O)c1ccccc1)c1c2c3c(ccc2c(C)c2[n+]1CCc1cc4c(cc1-2)OCO4)OCO3.[Cl-]. The van der Waals surface area contributed by atoms with E-state index in [1.54, 1.807) is 0 Å². The van der Waals surface area contributed by atoms with Gasteiger partial charge in [0, 0.05) is 22.9 Å². The molecule has 0 aliphatic carbocycles. The lowest BCUT2D eigenvalue weighted by atomic mass is 9.88. The van der Waals surface area contributed by atoms with Crippen molar-refractivity contribution < 1.29 is 40.7 Å². The van der Waals surface area contributed by atoms with Crippen molar-refractivity contribution >= 4 is 22.1 Å². The number of aromatic nitrogens is 1. The zero-order chi connectivity index (χ0) is 23.7. The Hall–Kier alpha value is -4.03. The van der Waals surface area contributed by atoms with E-state index in [1.165, 1.54) is 5.56 Å². The van der Waals surface area contributed by atoms with Gasteiger partial charge in [-0.05, 0) is 36.8 Å². The molecule has 0 bridgehead atoms. The molecule has 6 nitrogen and oxygen atoms in total. The number of Topliss-reactive ketones (excluding diaryl/α,β-unsaturated/α-hetero) is 1. The van der Waals surface area contributed by atoms with E-state index in [0.717, 1.165) is 51.2 Å². The lowest BCUT2D eigenvalue weighted by Gasteiger charge is -2.22. The maximum absolute atomic E-state index is 13.6. The van der Waals surface area contributed by atoms with Gasteiger partial charge in [-0.2, -0.15) is 4.57 Å². The summed E-state index contributed by atoms with van der Waals surface area (Å²) in [7, 11) is 0. The first-order chi connectivity index (χ1) is 17.1. The second kappa shape index (κ2) is 8.28. The molecule has 0 fully saturated rings. The minimum absolute atomic E-state index is 0. The number of carbonyl (C=O) groups is 1. The summed E-state index contributed by atoms with van der Waals surface area (Å²) in [5.41, 5.74) is 6.22. The molecule has 0 amide bonds. The fraction of sp³-hybridized carbons (Fsp3) is 0.172. The second-order valence-electron chi connectivity index (χ2n) is 8.98. The molecule has 0 saturated heterocycles. The van der Waals surface area contributed by atoms with Gasteiger partial charge >= 0.3 is 0 Å². The van der Waals surface area contributed by atoms with E-state index in [-0.39, 0.29) is 31.8 Å². The molecule has 4 aromatic rings. The molecule has 0 unspecified atom stereocenters. The van der Waals surface area contributed by atoms with E-state index in [1.807, 2.05) is 42.5 Å². The Morgan fingerprint density at radius 2 is 1.64 bits per heavy atom. The van der Waals surface area contributed by atoms with Gasteiger partial charge in [-0.25, -0.2) is 0 Å². The predicted octanol–water partition coefficient (Wildman–Crippen LogP) is 2.02. The van der Waals surface area contributed by atoms with Gasteiger partial charge in [0.1, 0.15) is 5.39 Å². The van der Waals surface area contributed by atoms with Gasteiger partial charge < -0.3 is 31.4 Å². The van der Waals surface area contributed by atoms with Crippen LogP contribution in [0, 0.1) is 6.92 Å². The lowest BCUT2D eigenvalue weighted by Crippen LogP contribution is -3.00. The maximum atomic E-state index is 13.6. The highest BCUT2D eigenvalue weighted by molar-refractivity contribution is 6.30. The van der Waals surface area contributed by atoms with Crippen molar-refractivity contribution in [2.45, 2.75) is 19.9 Å². The molecule has 0 atom stereocenters. The van der Waals surface area contributed by atoms with E-state index in [9.17, 15) is 4.79 Å². The molecule has 0 radical (unpaired) electrons. The van der Waals surface area contributed by atoms with Crippen molar-refractivity contribution in [3.8, 4) is 34.3 Å². The number of aryl methyl sites for hydroxylation is 2. The summed E-state index contributed by atoms with van der Waals surface area (Å²) >= 11 is 0. The van der Waals surface area contributed by atoms with Crippen LogP contribution in [0.5, 0.6) is 23.0 Å². The summed E-state index contributed by atoms with van der Waals surface area (Å²) in [6.07, 6.45) is 0.792. The number of nitrogens with zero attached hydrogens (tertiary/aromatic N) is 1. The minimum Gasteiger partial charge on any atom is -1.00 e. The molecule has 36 heavy (non-hydrogen) atoms. The van der Waals surface area contributed by atoms with Crippen LogP contribution in [-0.2, 0) is 13.0 Å². The molecule has 0 saturated carbocycles. The van der Waals surface area contributed by atoms with Crippen LogP contribution >= 0.6 is 0 Å². The quantitative estimate of drug-likeness (QED) is 0.245. The summed E-state index contributed by atoms with van der Waals surface area (Å²) < 4.78 is 25.2. The van der Waals surface area contributed by atoms with E-state index in [4.69, 9.17) is 18.9 Å². The number of benzene rings is 3. The fourth-order valence-corrected chi connectivity index (χ4v) is 5.50. The van der Waals surface area contributed by atoms with Crippen LogP contribution in [0.15, 0.2) is 61.2 Å². The standard InChI is InChI=1S/C29H22NO5.ClH/c1-16-20-8-9-22-29(35-15-32-22)25(20)27(17(2)28(31)18-6-4-3-5-7-18)30-11-10-19-12-23-24(34-14-33-23)13-21(19)26(16)30;/h3-9,12-13H,2,10-11,14-15H2,1H3;1H/q+1;/p-1. The summed E-state index contributed by atoms with van der Waals surface area (Å²) in [5.74, 6) is 2.75. The second-order valence-corrected chi connectivity index (χ2v) is 8.98. The molecule has 3 aliphatic rings. The molecule has 0 N–H and O–H groups in total. The summed E-state index contributed by atoms with van der Waals surface area (Å²) in [6, 6.07) is 17.4.